The first-order chi connectivity index (χ1) is 7.74. The summed E-state index contributed by atoms with van der Waals surface area (Å²) in [5.74, 6) is -2.45. The molecule has 0 aromatic heterocycles. The van der Waals surface area contributed by atoms with Crippen molar-refractivity contribution in [3.05, 3.63) is 11.6 Å². The normalized spacial score (nSPS) is 12.5. The van der Waals surface area contributed by atoms with Crippen LogP contribution in [0.25, 0.3) is 0 Å². The fourth-order valence-electron chi connectivity index (χ4n) is 1.37. The van der Waals surface area contributed by atoms with Crippen molar-refractivity contribution >= 4 is 33.1 Å². The first-order valence-corrected chi connectivity index (χ1v) is 8.54. The Kier molecular flexibility index (Phi) is 8.60. The fourth-order valence-corrected chi connectivity index (χ4v) is 7.79. The van der Waals surface area contributed by atoms with Crippen molar-refractivity contribution in [3.8, 4) is 0 Å². The monoisotopic (exact) mass is 364 g/mol. The van der Waals surface area contributed by atoms with Crippen LogP contribution in [-0.4, -0.2) is 43.3 Å². The van der Waals surface area contributed by atoms with Crippen molar-refractivity contribution in [1.82, 2.24) is 0 Å². The second kappa shape index (κ2) is 7.81. The topological polar surface area (TPSA) is 74.6 Å². The van der Waals surface area contributed by atoms with Crippen LogP contribution in [0.2, 0.25) is 6.86 Å². The molecule has 18 heavy (non-hydrogen) atoms. The molecule has 0 aliphatic heterocycles. The van der Waals surface area contributed by atoms with E-state index in [-0.39, 0.29) is 26.7 Å². The summed E-state index contributed by atoms with van der Waals surface area (Å²) in [6, 6.07) is 0. The number of carboxylic acids is 2. The SMILES string of the molecule is C/C(=C/C(=O)O)C(=O)O.C[C](C)(C)[Sn][C](C)(C)C. The van der Waals surface area contributed by atoms with Crippen LogP contribution in [0.15, 0.2) is 11.6 Å². The van der Waals surface area contributed by atoms with E-state index in [9.17, 15) is 9.59 Å². The summed E-state index contributed by atoms with van der Waals surface area (Å²) >= 11 is -0.182. The average Bonchev–Trinajstić information content (AvgIpc) is 1.95. The number of carbonyl (C=O) groups is 2. The van der Waals surface area contributed by atoms with Crippen LogP contribution in [0.5, 0.6) is 0 Å². The van der Waals surface area contributed by atoms with Gasteiger partial charge < -0.3 is 10.2 Å². The first kappa shape index (κ1) is 19.8. The molecule has 5 heteroatoms. The van der Waals surface area contributed by atoms with Gasteiger partial charge in [-0.3, -0.25) is 0 Å². The summed E-state index contributed by atoms with van der Waals surface area (Å²) in [5.41, 5.74) is -0.178. The van der Waals surface area contributed by atoms with Crippen LogP contribution >= 0.6 is 0 Å². The summed E-state index contributed by atoms with van der Waals surface area (Å²) in [6.45, 7) is 15.4. The standard InChI is InChI=1S/C5H6O4.2C4H9.Sn/c1-3(5(8)9)2-4(6)7;2*1-4(2)3;/h2H,1H3,(H,6,7)(H,8,9);2*1-3H3;/b3-2-;;;. The van der Waals surface area contributed by atoms with Gasteiger partial charge in [-0.25, -0.2) is 9.59 Å². The summed E-state index contributed by atoms with van der Waals surface area (Å²) in [6.07, 6.45) is 0.641. The van der Waals surface area contributed by atoms with Gasteiger partial charge in [-0.1, -0.05) is 0 Å². The van der Waals surface area contributed by atoms with E-state index < -0.39 is 11.9 Å². The van der Waals surface area contributed by atoms with Gasteiger partial charge in [0.1, 0.15) is 0 Å². The van der Waals surface area contributed by atoms with Gasteiger partial charge in [0.05, 0.1) is 0 Å². The molecule has 2 radical (unpaired) electrons. The minimum atomic E-state index is -1.24. The molecule has 0 aliphatic carbocycles. The molecular weight excluding hydrogens is 339 g/mol. The third kappa shape index (κ3) is 17.9. The summed E-state index contributed by atoms with van der Waals surface area (Å²) in [7, 11) is 0. The van der Waals surface area contributed by atoms with Gasteiger partial charge >= 0.3 is 81.5 Å². The maximum absolute atomic E-state index is 9.90. The molecule has 0 amide bonds. The molecule has 0 atom stereocenters. The third-order valence-electron chi connectivity index (χ3n) is 1.43. The zero-order chi connectivity index (χ0) is 15.1. The zero-order valence-electron chi connectivity index (χ0n) is 12.3. The van der Waals surface area contributed by atoms with Crippen molar-refractivity contribution in [2.75, 3.05) is 0 Å². The van der Waals surface area contributed by atoms with E-state index in [1.54, 1.807) is 0 Å². The Morgan fingerprint density at radius 3 is 1.33 bits per heavy atom. The summed E-state index contributed by atoms with van der Waals surface area (Å²) < 4.78 is 1.31. The molecule has 0 saturated carbocycles. The molecule has 0 fully saturated rings. The van der Waals surface area contributed by atoms with Gasteiger partial charge in [0.2, 0.25) is 0 Å². The zero-order valence-corrected chi connectivity index (χ0v) is 15.1. The Morgan fingerprint density at radius 1 is 0.944 bits per heavy atom. The molecule has 0 bridgehead atoms. The molecule has 0 spiro atoms. The molecule has 4 nitrogen and oxygen atoms in total. The Hall–Kier alpha value is -0.521. The van der Waals surface area contributed by atoms with Crippen LogP contribution in [0.1, 0.15) is 48.5 Å². The molecule has 0 aromatic rings. The van der Waals surface area contributed by atoms with Gasteiger partial charge in [-0.05, 0) is 6.92 Å². The first-order valence-electron chi connectivity index (χ1n) is 5.68. The Bertz CT molecular complexity index is 307. The van der Waals surface area contributed by atoms with Crippen molar-refractivity contribution in [2.24, 2.45) is 0 Å². The molecule has 0 heterocycles. The molecule has 2 N–H and O–H groups in total. The van der Waals surface area contributed by atoms with Gasteiger partial charge in [0, 0.05) is 11.6 Å². The minimum absolute atomic E-state index is 0.178. The maximum atomic E-state index is 9.90. The van der Waals surface area contributed by atoms with E-state index in [4.69, 9.17) is 10.2 Å². The summed E-state index contributed by atoms with van der Waals surface area (Å²) in [4.78, 5) is 19.7. The van der Waals surface area contributed by atoms with E-state index in [0.717, 1.165) is 0 Å². The van der Waals surface area contributed by atoms with Gasteiger partial charge in [-0.15, -0.1) is 0 Å². The second-order valence-corrected chi connectivity index (χ2v) is 15.4. The van der Waals surface area contributed by atoms with E-state index >= 15 is 0 Å². The van der Waals surface area contributed by atoms with Gasteiger partial charge in [0.15, 0.2) is 0 Å². The number of carboxylic acid groups (broad SMARTS) is 2. The Labute approximate surface area is 120 Å². The van der Waals surface area contributed by atoms with Crippen molar-refractivity contribution in [1.29, 1.82) is 0 Å². The summed E-state index contributed by atoms with van der Waals surface area (Å²) in [5, 5.41) is 16.1. The molecule has 0 rings (SSSR count). The van der Waals surface area contributed by atoms with E-state index in [1.165, 1.54) is 6.92 Å². The molecule has 0 unspecified atom stereocenters. The van der Waals surface area contributed by atoms with E-state index in [1.807, 2.05) is 0 Å². The molecule has 0 aromatic carbocycles. The Balaban J connectivity index is 0. The van der Waals surface area contributed by atoms with Gasteiger partial charge in [0.25, 0.3) is 0 Å². The van der Waals surface area contributed by atoms with E-state index in [2.05, 4.69) is 41.5 Å². The average molecular weight is 363 g/mol. The van der Waals surface area contributed by atoms with Crippen LogP contribution in [-0.2, 0) is 9.59 Å². The van der Waals surface area contributed by atoms with Crippen molar-refractivity contribution in [2.45, 2.75) is 55.3 Å². The number of rotatable bonds is 2. The Morgan fingerprint density at radius 2 is 1.28 bits per heavy atom. The van der Waals surface area contributed by atoms with Crippen molar-refractivity contribution in [3.63, 3.8) is 0 Å². The van der Waals surface area contributed by atoms with E-state index in [0.29, 0.717) is 12.9 Å². The molecule has 0 saturated heterocycles. The number of hydrogen-bond acceptors (Lipinski definition) is 2. The van der Waals surface area contributed by atoms with Crippen LogP contribution in [0.4, 0.5) is 0 Å². The predicted octanol–water partition coefficient (Wildman–Crippen LogP) is 3.23. The second-order valence-electron chi connectivity index (χ2n) is 6.10. The molecule has 104 valence electrons. The fraction of sp³-hybridized carbons (Fsp3) is 0.692. The predicted molar refractivity (Wildman–Crippen MR) is 74.2 cm³/mol. The van der Waals surface area contributed by atoms with Crippen LogP contribution < -0.4 is 0 Å². The van der Waals surface area contributed by atoms with Crippen molar-refractivity contribution < 1.29 is 19.8 Å². The number of hydrogen-bond donors (Lipinski definition) is 2. The van der Waals surface area contributed by atoms with Crippen LogP contribution in [0.3, 0.4) is 0 Å². The van der Waals surface area contributed by atoms with Crippen LogP contribution in [0, 0.1) is 0 Å². The quantitative estimate of drug-likeness (QED) is 0.584. The third-order valence-corrected chi connectivity index (χ3v) is 5.71. The number of aliphatic carboxylic acids is 2. The van der Waals surface area contributed by atoms with Gasteiger partial charge in [-0.2, -0.15) is 0 Å². The molecule has 0 aliphatic rings. The molecular formula is C13H24O4Sn.